The zero-order chi connectivity index (χ0) is 28.0. The van der Waals surface area contributed by atoms with Gasteiger partial charge in [0.05, 0.1) is 21.7 Å². The maximum absolute atomic E-state index is 12.7. The van der Waals surface area contributed by atoms with Gasteiger partial charge in [0.15, 0.2) is 0 Å². The summed E-state index contributed by atoms with van der Waals surface area (Å²) >= 11 is 0. The quantitative estimate of drug-likeness (QED) is 0.227. The lowest BCUT2D eigenvalue weighted by Crippen LogP contribution is -2.04. The van der Waals surface area contributed by atoms with E-state index >= 15 is 0 Å². The Morgan fingerprint density at radius 3 is 2.21 bits per heavy atom. The summed E-state index contributed by atoms with van der Waals surface area (Å²) in [6.45, 7) is 2.06. The second-order valence-corrected chi connectivity index (χ2v) is 9.72. The average molecular weight is 553 g/mol. The molecule has 0 saturated carbocycles. The van der Waals surface area contributed by atoms with Crippen LogP contribution in [0.25, 0.3) is 22.2 Å². The van der Waals surface area contributed by atoms with Gasteiger partial charge in [0.2, 0.25) is 0 Å². The zero-order valence-electron chi connectivity index (χ0n) is 20.6. The lowest BCUT2D eigenvalue weighted by molar-refractivity contribution is -0.137. The first-order chi connectivity index (χ1) is 18.6. The van der Waals surface area contributed by atoms with Crippen molar-refractivity contribution in [3.8, 4) is 11.3 Å². The van der Waals surface area contributed by atoms with Crippen molar-refractivity contribution < 1.29 is 26.1 Å². The van der Waals surface area contributed by atoms with Gasteiger partial charge in [0.25, 0.3) is 10.1 Å². The van der Waals surface area contributed by atoms with Gasteiger partial charge in [0.1, 0.15) is 12.1 Å². The SMILES string of the molecule is CCc1c(-c2cc(Nc3ccc(C(F)(F)F)cc3)ncn2)ccc2cccnc12.O=S(=O)(O)c1ccccc1. The smallest absolute Gasteiger partial charge is 0.340 e. The molecule has 0 spiro atoms. The van der Waals surface area contributed by atoms with Crippen LogP contribution in [0.4, 0.5) is 24.7 Å². The van der Waals surface area contributed by atoms with Crippen LogP contribution >= 0.6 is 0 Å². The lowest BCUT2D eigenvalue weighted by atomic mass is 9.98. The van der Waals surface area contributed by atoms with Crippen LogP contribution in [0.3, 0.4) is 0 Å². The molecular weight excluding hydrogens is 529 g/mol. The molecule has 0 unspecified atom stereocenters. The summed E-state index contributed by atoms with van der Waals surface area (Å²) in [6.07, 6.45) is -0.372. The predicted molar refractivity (Wildman–Crippen MR) is 143 cm³/mol. The number of halogens is 3. The number of hydrogen-bond donors (Lipinski definition) is 2. The Labute approximate surface area is 223 Å². The van der Waals surface area contributed by atoms with Crippen molar-refractivity contribution in [3.63, 3.8) is 0 Å². The number of anilines is 2. The van der Waals surface area contributed by atoms with E-state index in [0.717, 1.165) is 46.3 Å². The van der Waals surface area contributed by atoms with Crippen molar-refractivity contribution in [3.05, 3.63) is 109 Å². The summed E-state index contributed by atoms with van der Waals surface area (Å²) in [7, 11) is -4.00. The van der Waals surface area contributed by atoms with E-state index in [4.69, 9.17) is 4.55 Å². The van der Waals surface area contributed by atoms with Gasteiger partial charge in [-0.1, -0.05) is 43.3 Å². The fraction of sp³-hybridized carbons (Fsp3) is 0.107. The van der Waals surface area contributed by atoms with Crippen LogP contribution in [-0.4, -0.2) is 27.9 Å². The molecule has 5 rings (SSSR count). The minimum absolute atomic E-state index is 0.0741. The third kappa shape index (κ3) is 6.95. The Morgan fingerprint density at radius 1 is 0.872 bits per heavy atom. The number of fused-ring (bicyclic) bond motifs is 1. The van der Waals surface area contributed by atoms with Crippen molar-refractivity contribution in [2.75, 3.05) is 5.32 Å². The van der Waals surface area contributed by atoms with E-state index in [0.29, 0.717) is 11.5 Å². The van der Waals surface area contributed by atoms with Crippen molar-refractivity contribution in [2.45, 2.75) is 24.4 Å². The van der Waals surface area contributed by atoms with Crippen molar-refractivity contribution >= 4 is 32.5 Å². The molecule has 11 heteroatoms. The molecule has 0 bridgehead atoms. The first-order valence-corrected chi connectivity index (χ1v) is 13.2. The van der Waals surface area contributed by atoms with E-state index in [1.807, 2.05) is 24.3 Å². The standard InChI is InChI=1S/C22H17F3N4.C6H6O3S/c1-2-17-18(10-5-14-4-3-11-26-21(14)17)19-12-20(28-13-27-19)29-16-8-6-15(7-9-16)22(23,24)25;7-10(8,9)6-4-2-1-3-5-6/h3-13H,2H2,1H3,(H,27,28,29);1-5H,(H,7,8,9). The Morgan fingerprint density at radius 2 is 1.59 bits per heavy atom. The third-order valence-electron chi connectivity index (χ3n) is 5.70. The molecule has 0 atom stereocenters. The maximum atomic E-state index is 12.7. The molecule has 0 radical (unpaired) electrons. The number of aryl methyl sites for hydroxylation is 1. The van der Waals surface area contributed by atoms with Gasteiger partial charge in [-0.3, -0.25) is 9.54 Å². The van der Waals surface area contributed by atoms with E-state index < -0.39 is 21.9 Å². The third-order valence-corrected chi connectivity index (χ3v) is 6.57. The predicted octanol–water partition coefficient (Wildman–Crippen LogP) is 6.95. The van der Waals surface area contributed by atoms with Crippen LogP contribution in [0.15, 0.2) is 102 Å². The minimum atomic E-state index is -4.36. The molecule has 0 aliphatic heterocycles. The zero-order valence-corrected chi connectivity index (χ0v) is 21.4. The highest BCUT2D eigenvalue weighted by Gasteiger charge is 2.29. The Bertz CT molecular complexity index is 1680. The highest BCUT2D eigenvalue weighted by Crippen LogP contribution is 2.32. The molecule has 3 aromatic carbocycles. The van der Waals surface area contributed by atoms with Gasteiger partial charge < -0.3 is 5.32 Å². The molecule has 0 aliphatic carbocycles. The van der Waals surface area contributed by atoms with Crippen molar-refractivity contribution in [1.29, 1.82) is 0 Å². The van der Waals surface area contributed by atoms with Gasteiger partial charge in [0, 0.05) is 28.9 Å². The second-order valence-electron chi connectivity index (χ2n) is 8.30. The summed E-state index contributed by atoms with van der Waals surface area (Å²) in [5.74, 6) is 0.498. The van der Waals surface area contributed by atoms with Gasteiger partial charge in [-0.05, 0) is 54.4 Å². The van der Waals surface area contributed by atoms with Crippen LogP contribution in [-0.2, 0) is 22.7 Å². The molecule has 39 heavy (non-hydrogen) atoms. The summed E-state index contributed by atoms with van der Waals surface area (Å²) in [4.78, 5) is 13.0. The fourth-order valence-corrected chi connectivity index (χ4v) is 4.36. The van der Waals surface area contributed by atoms with Crippen molar-refractivity contribution in [2.24, 2.45) is 0 Å². The van der Waals surface area contributed by atoms with Crippen LogP contribution in [0.1, 0.15) is 18.1 Å². The normalized spacial score (nSPS) is 11.5. The molecule has 2 aromatic heterocycles. The molecule has 2 heterocycles. The summed E-state index contributed by atoms with van der Waals surface area (Å²) in [5, 5.41) is 4.09. The number of aromatic nitrogens is 3. The summed E-state index contributed by atoms with van der Waals surface area (Å²) in [5.41, 5.74) is 3.52. The van der Waals surface area contributed by atoms with Gasteiger partial charge in [-0.25, -0.2) is 9.97 Å². The van der Waals surface area contributed by atoms with E-state index in [2.05, 4.69) is 27.2 Å². The Hall–Kier alpha value is -4.35. The maximum Gasteiger partial charge on any atom is 0.416 e. The van der Waals surface area contributed by atoms with Crippen LogP contribution in [0.2, 0.25) is 0 Å². The van der Waals surface area contributed by atoms with E-state index in [-0.39, 0.29) is 4.90 Å². The highest BCUT2D eigenvalue weighted by molar-refractivity contribution is 7.85. The van der Waals surface area contributed by atoms with Crippen molar-refractivity contribution in [1.82, 2.24) is 15.0 Å². The number of benzene rings is 3. The molecule has 0 amide bonds. The largest absolute Gasteiger partial charge is 0.416 e. The monoisotopic (exact) mass is 552 g/mol. The van der Waals surface area contributed by atoms with Gasteiger partial charge in [-0.2, -0.15) is 21.6 Å². The lowest BCUT2D eigenvalue weighted by Gasteiger charge is -2.12. The van der Waals surface area contributed by atoms with E-state index in [9.17, 15) is 21.6 Å². The molecule has 0 fully saturated rings. The first-order valence-electron chi connectivity index (χ1n) is 11.7. The van der Waals surface area contributed by atoms with Crippen LogP contribution in [0, 0.1) is 0 Å². The molecule has 0 saturated heterocycles. The number of rotatable bonds is 5. The highest BCUT2D eigenvalue weighted by atomic mass is 32.2. The number of pyridine rings is 1. The number of nitrogens with one attached hydrogen (secondary N) is 1. The number of nitrogens with zero attached hydrogens (tertiary/aromatic N) is 3. The molecule has 200 valence electrons. The Kier molecular flexibility index (Phi) is 8.22. The molecule has 0 aliphatic rings. The average Bonchev–Trinajstić information content (AvgIpc) is 2.93. The Balaban J connectivity index is 0.000000298. The molecular formula is C28H23F3N4O3S. The summed E-state index contributed by atoms with van der Waals surface area (Å²) in [6, 6.07) is 22.0. The van der Waals surface area contributed by atoms with E-state index in [1.54, 1.807) is 30.5 Å². The van der Waals surface area contributed by atoms with Crippen LogP contribution < -0.4 is 5.32 Å². The molecule has 2 N–H and O–H groups in total. The number of hydrogen-bond acceptors (Lipinski definition) is 6. The van der Waals surface area contributed by atoms with Crippen LogP contribution in [0.5, 0.6) is 0 Å². The molecule has 5 aromatic rings. The number of alkyl halides is 3. The first kappa shape index (κ1) is 27.7. The van der Waals surface area contributed by atoms with Gasteiger partial charge in [-0.15, -0.1) is 0 Å². The molecule has 7 nitrogen and oxygen atoms in total. The fourth-order valence-electron chi connectivity index (χ4n) is 3.86. The second kappa shape index (κ2) is 11.6. The van der Waals surface area contributed by atoms with E-state index in [1.165, 1.54) is 30.6 Å². The minimum Gasteiger partial charge on any atom is -0.340 e. The topological polar surface area (TPSA) is 105 Å². The summed E-state index contributed by atoms with van der Waals surface area (Å²) < 4.78 is 67.4. The van der Waals surface area contributed by atoms with Gasteiger partial charge >= 0.3 is 6.18 Å².